The summed E-state index contributed by atoms with van der Waals surface area (Å²) in [5, 5.41) is 15.5. The first-order valence-corrected chi connectivity index (χ1v) is 8.99. The summed E-state index contributed by atoms with van der Waals surface area (Å²) in [5.41, 5.74) is 6.26. The number of para-hydroxylation sites is 2. The van der Waals surface area contributed by atoms with E-state index in [9.17, 15) is 19.5 Å². The summed E-state index contributed by atoms with van der Waals surface area (Å²) in [4.78, 5) is 34.7. The van der Waals surface area contributed by atoms with E-state index in [1.165, 1.54) is 18.2 Å². The number of phenolic OH excluding ortho intramolecular Hbond substituents is 1. The summed E-state index contributed by atoms with van der Waals surface area (Å²) in [7, 11) is 0. The maximum atomic E-state index is 11.8. The Balaban J connectivity index is 0. The Bertz CT molecular complexity index is 1000. The van der Waals surface area contributed by atoms with E-state index < -0.39 is 22.5 Å². The van der Waals surface area contributed by atoms with Gasteiger partial charge >= 0.3 is 116 Å². The third-order valence-corrected chi connectivity index (χ3v) is 3.49. The van der Waals surface area contributed by atoms with Crippen LogP contribution in [0.15, 0.2) is 58.1 Å². The molecule has 0 fully saturated rings. The van der Waals surface area contributed by atoms with Crippen molar-refractivity contribution in [3.05, 3.63) is 80.3 Å². The van der Waals surface area contributed by atoms with Crippen LogP contribution >= 0.6 is 0 Å². The summed E-state index contributed by atoms with van der Waals surface area (Å²) in [6.45, 7) is 8.00. The normalized spacial score (nSPS) is 8.80. The molecule has 7 nitrogen and oxygen atoms in total. The number of hydrogen-bond donors (Lipinski definition) is 3. The van der Waals surface area contributed by atoms with Crippen molar-refractivity contribution in [2.24, 2.45) is 0 Å². The Hall–Kier alpha value is 0.000390. The van der Waals surface area contributed by atoms with E-state index in [4.69, 9.17) is 5.73 Å². The van der Waals surface area contributed by atoms with E-state index in [0.29, 0.717) is 5.69 Å². The van der Waals surface area contributed by atoms with Crippen molar-refractivity contribution in [2.45, 2.75) is 27.7 Å². The number of aromatic hydroxyl groups is 1. The van der Waals surface area contributed by atoms with Gasteiger partial charge in [0.25, 0.3) is 10.9 Å². The van der Waals surface area contributed by atoms with E-state index in [0.717, 1.165) is 0 Å². The maximum absolute atomic E-state index is 11.8. The molecule has 30 heavy (non-hydrogen) atoms. The molecule has 1 amide bonds. The Morgan fingerprint density at radius 2 is 1.30 bits per heavy atom. The first-order valence-electron chi connectivity index (χ1n) is 8.99. The van der Waals surface area contributed by atoms with E-state index in [1.807, 2.05) is 33.8 Å². The second kappa shape index (κ2) is 16.6. The average Bonchev–Trinajstić information content (AvgIpc) is 2.74. The van der Waals surface area contributed by atoms with Crippen LogP contribution in [-0.2, 0) is 0 Å². The van der Waals surface area contributed by atoms with Crippen LogP contribution in [0.3, 0.4) is 0 Å². The fourth-order valence-corrected chi connectivity index (χ4v) is 2.26. The largest absolute Gasteiger partial charge is 1.00 e. The van der Waals surface area contributed by atoms with Crippen LogP contribution in [0.5, 0.6) is 5.75 Å². The third-order valence-electron chi connectivity index (χ3n) is 3.49. The molecule has 4 N–H and O–H groups in total. The van der Waals surface area contributed by atoms with Gasteiger partial charge in [0.15, 0.2) is 0 Å². The summed E-state index contributed by atoms with van der Waals surface area (Å²) >= 11 is 0. The minimum atomic E-state index is -1.05. The molecule has 3 aromatic rings. The third kappa shape index (κ3) is 8.17. The molecule has 0 unspecified atom stereocenters. The smallest absolute Gasteiger partial charge is 0.663 e. The first-order chi connectivity index (χ1) is 13.5. The van der Waals surface area contributed by atoms with Crippen LogP contribution in [0.2, 0.25) is 0 Å². The van der Waals surface area contributed by atoms with Gasteiger partial charge in [0.05, 0.1) is 11.6 Å². The topological polar surface area (TPSA) is 119 Å². The molecule has 0 heterocycles. The molecular formula is C21H24N3O4Rb2+. The molecule has 9 heteroatoms. The zero-order valence-corrected chi connectivity index (χ0v) is 28.1. The number of nitrogens with one attached hydrogen (secondary N) is 3. The Kier molecular flexibility index (Phi) is 17.8. The molecule has 0 radical (unpaired) electrons. The first kappa shape index (κ1) is 32.2. The number of rotatable bonds is 5. The van der Waals surface area contributed by atoms with Crippen molar-refractivity contribution in [1.82, 2.24) is 0 Å². The molecule has 0 saturated heterocycles. The molecule has 148 valence electrons. The fraction of sp³-hybridized carbons (Fsp3) is 0.190. The van der Waals surface area contributed by atoms with E-state index in [1.54, 1.807) is 24.3 Å². The number of carbonyl (C=O) groups is 1. The molecule has 0 atom stereocenters. The van der Waals surface area contributed by atoms with E-state index in [-0.39, 0.29) is 139 Å². The quantitative estimate of drug-likeness (QED) is 0.268. The SMILES string of the molecule is CC.CC.[NH-]C(=O)c1cccc(Nc2c(Nc3ccccc3)c(=O)c2=O)c1O.[Rb+].[Rb+]. The van der Waals surface area contributed by atoms with Gasteiger partial charge < -0.3 is 26.3 Å². The van der Waals surface area contributed by atoms with Gasteiger partial charge in [-0.1, -0.05) is 52.0 Å². The van der Waals surface area contributed by atoms with Crippen molar-refractivity contribution in [2.75, 3.05) is 10.6 Å². The molecule has 0 aromatic heterocycles. The molecule has 0 aliphatic rings. The van der Waals surface area contributed by atoms with Crippen molar-refractivity contribution >= 4 is 28.7 Å². The van der Waals surface area contributed by atoms with Gasteiger partial charge in [-0.05, 0) is 24.3 Å². The molecular weight excluding hydrogens is 529 g/mol. The minimum absolute atomic E-state index is 0. The van der Waals surface area contributed by atoms with Crippen molar-refractivity contribution in [3.63, 3.8) is 0 Å². The molecule has 0 spiro atoms. The van der Waals surface area contributed by atoms with Gasteiger partial charge in [0.1, 0.15) is 17.1 Å². The summed E-state index contributed by atoms with van der Waals surface area (Å²) in [6, 6.07) is 13.0. The van der Waals surface area contributed by atoms with Gasteiger partial charge in [-0.25, -0.2) is 0 Å². The maximum Gasteiger partial charge on any atom is 1.00 e. The second-order valence-corrected chi connectivity index (χ2v) is 5.06. The zero-order valence-electron chi connectivity index (χ0n) is 18.3. The second-order valence-electron chi connectivity index (χ2n) is 5.06. The number of phenols is 1. The van der Waals surface area contributed by atoms with Gasteiger partial charge in [0.2, 0.25) is 0 Å². The number of carbonyl (C=O) groups excluding carboxylic acids is 1. The number of benzene rings is 2. The average molecular weight is 553 g/mol. The molecule has 3 rings (SSSR count). The Morgan fingerprint density at radius 1 is 0.800 bits per heavy atom. The monoisotopic (exact) mass is 552 g/mol. The summed E-state index contributed by atoms with van der Waals surface area (Å²) < 4.78 is 0. The van der Waals surface area contributed by atoms with Crippen LogP contribution < -0.4 is 138 Å². The standard InChI is InChI=1S/C17H13N3O4.2C2H6.2Rb/c18-17(24)10-7-4-8-11(14(10)21)20-13-12(15(22)16(13)23)19-9-5-2-1-3-6-9;2*1-2;;/h1-8H,(H5,18,19,20,21,22,23,24);2*1-2H3;;/q;;;2*+1/p-1. The zero-order chi connectivity index (χ0) is 21.3. The van der Waals surface area contributed by atoms with Gasteiger partial charge in [-0.2, -0.15) is 0 Å². The van der Waals surface area contributed by atoms with Crippen LogP contribution in [0.4, 0.5) is 22.7 Å². The Morgan fingerprint density at radius 3 is 1.80 bits per heavy atom. The number of anilines is 4. The molecule has 0 saturated carbocycles. The van der Waals surface area contributed by atoms with Gasteiger partial charge in [-0.3, -0.25) is 9.59 Å². The van der Waals surface area contributed by atoms with Gasteiger partial charge in [-0.15, -0.1) is 0 Å². The Labute approximate surface area is 274 Å². The van der Waals surface area contributed by atoms with E-state index >= 15 is 0 Å². The predicted octanol–water partition coefficient (Wildman–Crippen LogP) is -1.27. The molecule has 3 aromatic carbocycles. The van der Waals surface area contributed by atoms with Crippen molar-refractivity contribution < 1.29 is 126 Å². The van der Waals surface area contributed by atoms with Crippen LogP contribution in [-0.4, -0.2) is 11.0 Å². The van der Waals surface area contributed by atoms with E-state index in [2.05, 4.69) is 10.6 Å². The fourth-order valence-electron chi connectivity index (χ4n) is 2.26. The van der Waals surface area contributed by atoms with Crippen molar-refractivity contribution in [3.8, 4) is 5.75 Å². The number of hydrogen-bond acceptors (Lipinski definition) is 6. The minimum Gasteiger partial charge on any atom is -0.663 e. The summed E-state index contributed by atoms with van der Waals surface area (Å²) in [6.07, 6.45) is 0. The summed E-state index contributed by atoms with van der Waals surface area (Å²) in [5.74, 6) is -1.50. The van der Waals surface area contributed by atoms with Crippen LogP contribution in [0, 0.1) is 0 Å². The predicted molar refractivity (Wildman–Crippen MR) is 114 cm³/mol. The van der Waals surface area contributed by atoms with Crippen molar-refractivity contribution in [1.29, 1.82) is 0 Å². The molecule has 0 aliphatic heterocycles. The van der Waals surface area contributed by atoms with Crippen LogP contribution in [0.25, 0.3) is 5.73 Å². The molecule has 0 aliphatic carbocycles. The van der Waals surface area contributed by atoms with Gasteiger partial charge in [0, 0.05) is 11.3 Å². The van der Waals surface area contributed by atoms with Crippen LogP contribution in [0.1, 0.15) is 38.1 Å². The molecule has 0 bridgehead atoms. The number of amides is 1.